The summed E-state index contributed by atoms with van der Waals surface area (Å²) in [5.41, 5.74) is 7.88. The Balaban J connectivity index is 2.16. The molecule has 1 aromatic rings. The van der Waals surface area contributed by atoms with Crippen LogP contribution in [0.15, 0.2) is 12.1 Å². The van der Waals surface area contributed by atoms with E-state index in [0.717, 1.165) is 30.2 Å². The van der Waals surface area contributed by atoms with Crippen molar-refractivity contribution in [3.05, 3.63) is 23.4 Å². The minimum atomic E-state index is 0.582. The first kappa shape index (κ1) is 11.4. The highest BCUT2D eigenvalue weighted by Gasteiger charge is 2.11. The molecular formula is C13H21N3. The Morgan fingerprint density at radius 3 is 2.44 bits per heavy atom. The number of anilines is 1. The van der Waals surface area contributed by atoms with Crippen molar-refractivity contribution in [2.45, 2.75) is 39.2 Å². The van der Waals surface area contributed by atoms with Crippen molar-refractivity contribution in [3.63, 3.8) is 0 Å². The van der Waals surface area contributed by atoms with E-state index in [2.05, 4.69) is 22.0 Å². The van der Waals surface area contributed by atoms with Gasteiger partial charge < -0.3 is 10.6 Å². The van der Waals surface area contributed by atoms with Gasteiger partial charge in [-0.15, -0.1) is 0 Å². The van der Waals surface area contributed by atoms with E-state index in [1.165, 1.54) is 25.7 Å². The van der Waals surface area contributed by atoms with E-state index in [-0.39, 0.29) is 0 Å². The molecule has 0 saturated carbocycles. The van der Waals surface area contributed by atoms with Crippen LogP contribution in [-0.2, 0) is 6.54 Å². The van der Waals surface area contributed by atoms with Crippen molar-refractivity contribution in [1.82, 2.24) is 4.98 Å². The summed E-state index contributed by atoms with van der Waals surface area (Å²) in [6.45, 7) is 4.92. The van der Waals surface area contributed by atoms with E-state index < -0.39 is 0 Å². The first-order valence-corrected chi connectivity index (χ1v) is 6.23. The Morgan fingerprint density at radius 1 is 1.19 bits per heavy atom. The van der Waals surface area contributed by atoms with Crippen LogP contribution in [0, 0.1) is 6.92 Å². The van der Waals surface area contributed by atoms with Crippen molar-refractivity contribution in [2.75, 3.05) is 18.0 Å². The molecule has 16 heavy (non-hydrogen) atoms. The van der Waals surface area contributed by atoms with Gasteiger partial charge in [0.05, 0.1) is 0 Å². The van der Waals surface area contributed by atoms with Crippen molar-refractivity contribution in [3.8, 4) is 0 Å². The summed E-state index contributed by atoms with van der Waals surface area (Å²) in [7, 11) is 0. The van der Waals surface area contributed by atoms with Crippen molar-refractivity contribution >= 4 is 5.82 Å². The third kappa shape index (κ3) is 2.53. The molecule has 1 fully saturated rings. The van der Waals surface area contributed by atoms with Gasteiger partial charge in [0.1, 0.15) is 5.82 Å². The lowest BCUT2D eigenvalue weighted by atomic mass is 10.2. The quantitative estimate of drug-likeness (QED) is 0.829. The van der Waals surface area contributed by atoms with Gasteiger partial charge in [-0.25, -0.2) is 4.98 Å². The number of pyridine rings is 1. The van der Waals surface area contributed by atoms with E-state index in [4.69, 9.17) is 5.73 Å². The molecule has 88 valence electrons. The zero-order chi connectivity index (χ0) is 11.4. The third-order valence-electron chi connectivity index (χ3n) is 3.33. The Kier molecular flexibility index (Phi) is 3.78. The second-order valence-corrected chi connectivity index (χ2v) is 4.52. The highest BCUT2D eigenvalue weighted by atomic mass is 15.2. The topological polar surface area (TPSA) is 42.2 Å². The average molecular weight is 219 g/mol. The molecule has 1 aliphatic rings. The second kappa shape index (κ2) is 5.30. The van der Waals surface area contributed by atoms with Gasteiger partial charge in [-0.2, -0.15) is 0 Å². The van der Waals surface area contributed by atoms with E-state index in [9.17, 15) is 0 Å². The van der Waals surface area contributed by atoms with E-state index >= 15 is 0 Å². The third-order valence-corrected chi connectivity index (χ3v) is 3.33. The summed E-state index contributed by atoms with van der Waals surface area (Å²) in [5.74, 6) is 1.12. The van der Waals surface area contributed by atoms with Gasteiger partial charge in [0, 0.05) is 25.3 Å². The number of aryl methyl sites for hydroxylation is 1. The lowest BCUT2D eigenvalue weighted by Gasteiger charge is -2.22. The van der Waals surface area contributed by atoms with Crippen LogP contribution in [0.25, 0.3) is 0 Å². The molecule has 2 N–H and O–H groups in total. The zero-order valence-corrected chi connectivity index (χ0v) is 10.1. The molecule has 3 heteroatoms. The van der Waals surface area contributed by atoms with Crippen molar-refractivity contribution in [1.29, 1.82) is 0 Å². The summed E-state index contributed by atoms with van der Waals surface area (Å²) in [5, 5.41) is 0. The predicted molar refractivity (Wildman–Crippen MR) is 67.5 cm³/mol. The van der Waals surface area contributed by atoms with Crippen LogP contribution in [0.3, 0.4) is 0 Å². The summed E-state index contributed by atoms with van der Waals surface area (Å²) in [6, 6.07) is 4.23. The molecule has 0 unspecified atom stereocenters. The Labute approximate surface area is 97.7 Å². The Hall–Kier alpha value is -1.09. The number of hydrogen-bond donors (Lipinski definition) is 1. The highest BCUT2D eigenvalue weighted by Crippen LogP contribution is 2.18. The maximum absolute atomic E-state index is 5.65. The van der Waals surface area contributed by atoms with Gasteiger partial charge in [-0.05, 0) is 31.4 Å². The lowest BCUT2D eigenvalue weighted by molar-refractivity contribution is 0.726. The standard InChI is InChI=1S/C13H21N3/c1-11-12(10-14)6-7-13(15-11)16-8-4-2-3-5-9-16/h6-7H,2-5,8-10,14H2,1H3. The van der Waals surface area contributed by atoms with Gasteiger partial charge in [-0.1, -0.05) is 18.9 Å². The van der Waals surface area contributed by atoms with Gasteiger partial charge in [-0.3, -0.25) is 0 Å². The summed E-state index contributed by atoms with van der Waals surface area (Å²) in [4.78, 5) is 7.06. The monoisotopic (exact) mass is 219 g/mol. The lowest BCUT2D eigenvalue weighted by Crippen LogP contribution is -2.25. The SMILES string of the molecule is Cc1nc(N2CCCCCC2)ccc1CN. The number of nitrogens with two attached hydrogens (primary N) is 1. The van der Waals surface area contributed by atoms with E-state index in [1.807, 2.05) is 6.92 Å². The molecule has 2 rings (SSSR count). The molecule has 0 bridgehead atoms. The number of hydrogen-bond acceptors (Lipinski definition) is 3. The van der Waals surface area contributed by atoms with Gasteiger partial charge in [0.2, 0.25) is 0 Å². The summed E-state index contributed by atoms with van der Waals surface area (Å²) >= 11 is 0. The molecule has 0 radical (unpaired) electrons. The zero-order valence-electron chi connectivity index (χ0n) is 10.1. The number of nitrogens with zero attached hydrogens (tertiary/aromatic N) is 2. The fourth-order valence-corrected chi connectivity index (χ4v) is 2.27. The van der Waals surface area contributed by atoms with Crippen LogP contribution in [0.4, 0.5) is 5.82 Å². The van der Waals surface area contributed by atoms with Gasteiger partial charge >= 0.3 is 0 Å². The normalized spacial score (nSPS) is 17.2. The molecule has 0 amide bonds. The fourth-order valence-electron chi connectivity index (χ4n) is 2.27. The summed E-state index contributed by atoms with van der Waals surface area (Å²) in [6.07, 6.45) is 5.30. The molecule has 0 spiro atoms. The van der Waals surface area contributed by atoms with Crippen molar-refractivity contribution < 1.29 is 0 Å². The number of aromatic nitrogens is 1. The first-order chi connectivity index (χ1) is 7.81. The largest absolute Gasteiger partial charge is 0.357 e. The first-order valence-electron chi connectivity index (χ1n) is 6.23. The van der Waals surface area contributed by atoms with E-state index in [0.29, 0.717) is 6.54 Å². The summed E-state index contributed by atoms with van der Waals surface area (Å²) < 4.78 is 0. The number of rotatable bonds is 2. The molecule has 0 atom stereocenters. The van der Waals surface area contributed by atoms with Crippen LogP contribution < -0.4 is 10.6 Å². The highest BCUT2D eigenvalue weighted by molar-refractivity contribution is 5.41. The minimum Gasteiger partial charge on any atom is -0.357 e. The van der Waals surface area contributed by atoms with Crippen LogP contribution in [0.1, 0.15) is 36.9 Å². The van der Waals surface area contributed by atoms with Gasteiger partial charge in [0.15, 0.2) is 0 Å². The van der Waals surface area contributed by atoms with Crippen LogP contribution >= 0.6 is 0 Å². The Morgan fingerprint density at radius 2 is 1.88 bits per heavy atom. The molecule has 2 heterocycles. The molecule has 3 nitrogen and oxygen atoms in total. The minimum absolute atomic E-state index is 0.582. The predicted octanol–water partition coefficient (Wildman–Crippen LogP) is 2.23. The van der Waals surface area contributed by atoms with Gasteiger partial charge in [0.25, 0.3) is 0 Å². The van der Waals surface area contributed by atoms with Crippen LogP contribution in [-0.4, -0.2) is 18.1 Å². The molecule has 0 aliphatic carbocycles. The average Bonchev–Trinajstić information content (AvgIpc) is 2.57. The Bertz CT molecular complexity index is 341. The molecular weight excluding hydrogens is 198 g/mol. The fraction of sp³-hybridized carbons (Fsp3) is 0.615. The molecule has 1 aliphatic heterocycles. The molecule has 1 aromatic heterocycles. The second-order valence-electron chi connectivity index (χ2n) is 4.52. The maximum atomic E-state index is 5.65. The van der Waals surface area contributed by atoms with E-state index in [1.54, 1.807) is 0 Å². The smallest absolute Gasteiger partial charge is 0.128 e. The molecule has 1 saturated heterocycles. The maximum Gasteiger partial charge on any atom is 0.128 e. The van der Waals surface area contributed by atoms with Crippen molar-refractivity contribution in [2.24, 2.45) is 5.73 Å². The van der Waals surface area contributed by atoms with Crippen LogP contribution in [0.5, 0.6) is 0 Å². The molecule has 0 aromatic carbocycles. The van der Waals surface area contributed by atoms with Crippen LogP contribution in [0.2, 0.25) is 0 Å².